The minimum absolute atomic E-state index is 0.381. The molecule has 8 nitrogen and oxygen atoms in total. The second kappa shape index (κ2) is 5.92. The summed E-state index contributed by atoms with van der Waals surface area (Å²) in [5.41, 5.74) is 0.701. The number of hydrogen-bond acceptors (Lipinski definition) is 6. The second-order valence-corrected chi connectivity index (χ2v) is 5.37. The Balaban J connectivity index is 1.60. The molecular weight excluding hydrogens is 292 g/mol. The van der Waals surface area contributed by atoms with Gasteiger partial charge in [0.15, 0.2) is 5.65 Å². The monoisotopic (exact) mass is 304 g/mol. The van der Waals surface area contributed by atoms with Crippen LogP contribution in [0.15, 0.2) is 39.5 Å². The molecule has 0 aliphatic rings. The highest BCUT2D eigenvalue weighted by Crippen LogP contribution is 2.22. The average molecular weight is 304 g/mol. The molecule has 9 heteroatoms. The van der Waals surface area contributed by atoms with Crippen molar-refractivity contribution in [1.29, 1.82) is 0 Å². The maximum absolute atomic E-state index is 11.5. The number of nitrogens with zero attached hydrogens (tertiary/aromatic N) is 4. The fraction of sp³-hybridized carbons (Fsp3) is 0.250. The Kier molecular flexibility index (Phi) is 3.82. The highest BCUT2D eigenvalue weighted by molar-refractivity contribution is 7.99. The number of imidazole rings is 1. The molecular formula is C12H12N6O2S. The maximum atomic E-state index is 11.5. The number of nitrogens with one attached hydrogen (secondary N) is 2. The van der Waals surface area contributed by atoms with Crippen LogP contribution in [-0.4, -0.2) is 35.2 Å². The van der Waals surface area contributed by atoms with Crippen LogP contribution in [0.25, 0.3) is 11.2 Å². The molecule has 0 unspecified atom stereocenters. The van der Waals surface area contributed by atoms with E-state index in [0.29, 0.717) is 12.2 Å². The van der Waals surface area contributed by atoms with Crippen molar-refractivity contribution in [2.24, 2.45) is 0 Å². The quantitative estimate of drug-likeness (QED) is 0.401. The Labute approximate surface area is 122 Å². The molecule has 0 aromatic carbocycles. The minimum Gasteiger partial charge on any atom is -0.341 e. The molecule has 3 heterocycles. The number of rotatable bonds is 5. The summed E-state index contributed by atoms with van der Waals surface area (Å²) in [6.45, 7) is 0.541. The molecule has 0 bridgehead atoms. The first kappa shape index (κ1) is 13.6. The van der Waals surface area contributed by atoms with Crippen LogP contribution in [0.2, 0.25) is 0 Å². The highest BCUT2D eigenvalue weighted by atomic mass is 32.2. The summed E-state index contributed by atoms with van der Waals surface area (Å²) >= 11 is 1.57. The first-order valence-electron chi connectivity index (χ1n) is 6.31. The van der Waals surface area contributed by atoms with E-state index in [2.05, 4.69) is 24.9 Å². The molecule has 0 aliphatic carbocycles. The van der Waals surface area contributed by atoms with Crippen LogP contribution in [0.3, 0.4) is 0 Å². The predicted molar refractivity (Wildman–Crippen MR) is 78.3 cm³/mol. The number of aromatic nitrogens is 6. The fourth-order valence-corrected chi connectivity index (χ4v) is 2.76. The van der Waals surface area contributed by atoms with Gasteiger partial charge in [0.1, 0.15) is 16.9 Å². The van der Waals surface area contributed by atoms with E-state index in [1.807, 2.05) is 0 Å². The second-order valence-electron chi connectivity index (χ2n) is 4.29. The van der Waals surface area contributed by atoms with Crippen molar-refractivity contribution in [2.75, 3.05) is 5.75 Å². The van der Waals surface area contributed by atoms with E-state index in [1.165, 1.54) is 23.2 Å². The van der Waals surface area contributed by atoms with Crippen molar-refractivity contribution in [3.63, 3.8) is 0 Å². The summed E-state index contributed by atoms with van der Waals surface area (Å²) in [7, 11) is 0. The van der Waals surface area contributed by atoms with E-state index in [9.17, 15) is 9.59 Å². The molecule has 0 saturated heterocycles. The Hall–Kier alpha value is -2.42. The van der Waals surface area contributed by atoms with E-state index in [4.69, 9.17) is 0 Å². The number of fused-ring (bicyclic) bond motifs is 1. The van der Waals surface area contributed by atoms with Gasteiger partial charge in [0, 0.05) is 24.6 Å². The molecule has 21 heavy (non-hydrogen) atoms. The van der Waals surface area contributed by atoms with Crippen LogP contribution >= 0.6 is 11.8 Å². The molecule has 2 N–H and O–H groups in total. The predicted octanol–water partition coefficient (Wildman–Crippen LogP) is 0.385. The van der Waals surface area contributed by atoms with Gasteiger partial charge in [-0.3, -0.25) is 9.78 Å². The lowest BCUT2D eigenvalue weighted by Crippen LogP contribution is -2.28. The molecule has 0 fully saturated rings. The maximum Gasteiger partial charge on any atom is 0.328 e. The topological polar surface area (TPSA) is 109 Å². The van der Waals surface area contributed by atoms with Crippen molar-refractivity contribution < 1.29 is 0 Å². The van der Waals surface area contributed by atoms with Crippen LogP contribution in [0.4, 0.5) is 0 Å². The van der Waals surface area contributed by atoms with Crippen molar-refractivity contribution in [2.45, 2.75) is 18.0 Å². The Bertz CT molecular complexity index is 868. The van der Waals surface area contributed by atoms with Crippen LogP contribution in [0.1, 0.15) is 6.42 Å². The summed E-state index contributed by atoms with van der Waals surface area (Å²) in [6.07, 6.45) is 5.35. The van der Waals surface area contributed by atoms with Crippen molar-refractivity contribution in [3.05, 3.63) is 45.8 Å². The molecule has 0 atom stereocenters. The fourth-order valence-electron chi connectivity index (χ4n) is 1.88. The standard InChI is InChI=1S/C12H12N6O2S/c19-8-2-4-18(12(20)17-8)3-1-5-21-11-9-10(14-6-13-9)15-7-16-11/h2,4,6-7H,1,3,5H2,(H,17,19,20)(H,13,14,15,16). The summed E-state index contributed by atoms with van der Waals surface area (Å²) < 4.78 is 1.48. The van der Waals surface area contributed by atoms with Gasteiger partial charge in [0.2, 0.25) is 0 Å². The first-order chi connectivity index (χ1) is 10.2. The number of aryl methyl sites for hydroxylation is 1. The van der Waals surface area contributed by atoms with Crippen molar-refractivity contribution >= 4 is 22.9 Å². The SMILES string of the molecule is O=c1ccn(CCCSc2ncnc3nc[nH]c23)c(=O)[nH]1. The smallest absolute Gasteiger partial charge is 0.328 e. The molecule has 0 spiro atoms. The summed E-state index contributed by atoms with van der Waals surface area (Å²) in [6, 6.07) is 1.34. The van der Waals surface area contributed by atoms with Gasteiger partial charge in [0.05, 0.1) is 6.33 Å². The van der Waals surface area contributed by atoms with Gasteiger partial charge < -0.3 is 9.55 Å². The summed E-state index contributed by atoms with van der Waals surface area (Å²) in [5, 5.41) is 0.839. The third-order valence-electron chi connectivity index (χ3n) is 2.87. The van der Waals surface area contributed by atoms with E-state index in [1.54, 1.807) is 18.1 Å². The van der Waals surface area contributed by atoms with Crippen LogP contribution in [-0.2, 0) is 6.54 Å². The number of hydrogen-bond donors (Lipinski definition) is 2. The van der Waals surface area contributed by atoms with Gasteiger partial charge in [-0.1, -0.05) is 0 Å². The van der Waals surface area contributed by atoms with Crippen LogP contribution in [0, 0.1) is 0 Å². The largest absolute Gasteiger partial charge is 0.341 e. The van der Waals surface area contributed by atoms with E-state index in [-0.39, 0.29) is 11.2 Å². The lowest BCUT2D eigenvalue weighted by atomic mass is 10.4. The lowest BCUT2D eigenvalue weighted by Gasteiger charge is -2.04. The Morgan fingerprint density at radius 1 is 1.24 bits per heavy atom. The molecule has 3 aromatic rings. The normalized spacial score (nSPS) is 11.0. The van der Waals surface area contributed by atoms with Crippen molar-refractivity contribution in [1.82, 2.24) is 29.5 Å². The Morgan fingerprint density at radius 3 is 3.00 bits per heavy atom. The molecule has 0 radical (unpaired) electrons. The zero-order chi connectivity index (χ0) is 14.7. The van der Waals surface area contributed by atoms with Gasteiger partial charge in [0.25, 0.3) is 5.56 Å². The van der Waals surface area contributed by atoms with Gasteiger partial charge in [-0.2, -0.15) is 0 Å². The van der Waals surface area contributed by atoms with Gasteiger partial charge in [-0.25, -0.2) is 19.7 Å². The Morgan fingerprint density at radius 2 is 2.14 bits per heavy atom. The number of thioether (sulfide) groups is 1. The molecule has 108 valence electrons. The lowest BCUT2D eigenvalue weighted by molar-refractivity contribution is 0.635. The zero-order valence-electron chi connectivity index (χ0n) is 10.9. The van der Waals surface area contributed by atoms with Crippen LogP contribution < -0.4 is 11.2 Å². The average Bonchev–Trinajstić information content (AvgIpc) is 2.94. The summed E-state index contributed by atoms with van der Waals surface area (Å²) in [4.78, 5) is 40.1. The highest BCUT2D eigenvalue weighted by Gasteiger charge is 2.06. The molecule has 3 aromatic heterocycles. The van der Waals surface area contributed by atoms with Gasteiger partial charge in [-0.15, -0.1) is 11.8 Å². The molecule has 3 rings (SSSR count). The zero-order valence-corrected chi connectivity index (χ0v) is 11.8. The number of H-pyrrole nitrogens is 2. The third kappa shape index (κ3) is 3.02. The van der Waals surface area contributed by atoms with E-state index in [0.717, 1.165) is 22.7 Å². The van der Waals surface area contributed by atoms with Gasteiger partial charge in [-0.05, 0) is 6.42 Å². The van der Waals surface area contributed by atoms with E-state index < -0.39 is 0 Å². The minimum atomic E-state index is -0.384. The molecule has 0 amide bonds. The van der Waals surface area contributed by atoms with Crippen molar-refractivity contribution in [3.8, 4) is 0 Å². The first-order valence-corrected chi connectivity index (χ1v) is 7.29. The molecule has 0 saturated carbocycles. The number of aromatic amines is 2. The van der Waals surface area contributed by atoms with Gasteiger partial charge >= 0.3 is 5.69 Å². The van der Waals surface area contributed by atoms with Crippen LogP contribution in [0.5, 0.6) is 0 Å². The summed E-state index contributed by atoms with van der Waals surface area (Å²) in [5.74, 6) is 0.788. The molecule has 0 aliphatic heterocycles. The van der Waals surface area contributed by atoms with E-state index >= 15 is 0 Å². The third-order valence-corrected chi connectivity index (χ3v) is 3.94.